The zero-order valence-corrected chi connectivity index (χ0v) is 13.6. The fourth-order valence-electron chi connectivity index (χ4n) is 2.03. The molecule has 0 radical (unpaired) electrons. The van der Waals surface area contributed by atoms with Gasteiger partial charge >= 0.3 is 0 Å². The highest BCUT2D eigenvalue weighted by Gasteiger charge is 2.21. The maximum absolute atomic E-state index is 13.4. The molecule has 0 saturated carbocycles. The molecule has 0 aliphatic carbocycles. The molecule has 0 heterocycles. The van der Waals surface area contributed by atoms with E-state index in [1.165, 1.54) is 6.07 Å². The van der Waals surface area contributed by atoms with Crippen molar-refractivity contribution in [3.05, 3.63) is 46.7 Å². The van der Waals surface area contributed by atoms with E-state index in [1.807, 2.05) is 12.1 Å². The normalized spacial score (nSPS) is 14.4. The molecule has 0 amide bonds. The van der Waals surface area contributed by atoms with Crippen molar-refractivity contribution in [1.82, 2.24) is 5.32 Å². The van der Waals surface area contributed by atoms with E-state index in [2.05, 4.69) is 48.6 Å². The van der Waals surface area contributed by atoms with E-state index < -0.39 is 0 Å². The van der Waals surface area contributed by atoms with Crippen molar-refractivity contribution in [1.29, 1.82) is 0 Å². The van der Waals surface area contributed by atoms with Crippen LogP contribution >= 0.6 is 15.9 Å². The summed E-state index contributed by atoms with van der Waals surface area (Å²) in [7, 11) is 0. The molecule has 1 N–H and O–H groups in total. The average molecular weight is 328 g/mol. The van der Waals surface area contributed by atoms with Crippen LogP contribution in [0.5, 0.6) is 0 Å². The van der Waals surface area contributed by atoms with Gasteiger partial charge in [0, 0.05) is 16.4 Å². The van der Waals surface area contributed by atoms with Gasteiger partial charge in [-0.1, -0.05) is 42.8 Å². The van der Waals surface area contributed by atoms with Crippen LogP contribution in [0.25, 0.3) is 0 Å². The summed E-state index contributed by atoms with van der Waals surface area (Å²) in [6, 6.07) is 5.04. The van der Waals surface area contributed by atoms with E-state index in [-0.39, 0.29) is 11.2 Å². The maximum Gasteiger partial charge on any atom is 0.124 e. The molecule has 1 nitrogen and oxygen atoms in total. The van der Waals surface area contributed by atoms with Gasteiger partial charge < -0.3 is 5.32 Å². The molecule has 0 spiro atoms. The second-order valence-corrected chi connectivity index (χ2v) is 6.75. The Morgan fingerprint density at radius 2 is 2.11 bits per heavy atom. The summed E-state index contributed by atoms with van der Waals surface area (Å²) in [6.45, 7) is 12.3. The number of hydrogen-bond acceptors (Lipinski definition) is 1. The van der Waals surface area contributed by atoms with E-state index in [1.54, 1.807) is 6.07 Å². The first-order chi connectivity index (χ1) is 8.84. The molecule has 19 heavy (non-hydrogen) atoms. The van der Waals surface area contributed by atoms with Crippen molar-refractivity contribution in [2.75, 3.05) is 13.1 Å². The van der Waals surface area contributed by atoms with E-state index in [0.717, 1.165) is 29.5 Å². The lowest BCUT2D eigenvalue weighted by Crippen LogP contribution is -2.34. The molecule has 0 bridgehead atoms. The summed E-state index contributed by atoms with van der Waals surface area (Å²) in [6.07, 6.45) is 2.73. The van der Waals surface area contributed by atoms with Gasteiger partial charge in [-0.3, -0.25) is 0 Å². The fraction of sp³-hybridized carbons (Fsp3) is 0.500. The Hall–Kier alpha value is -0.670. The minimum atomic E-state index is -0.203. The predicted molar refractivity (Wildman–Crippen MR) is 83.8 cm³/mol. The van der Waals surface area contributed by atoms with Crippen molar-refractivity contribution >= 4 is 15.9 Å². The number of nitrogens with one attached hydrogen (secondary N) is 1. The second-order valence-electron chi connectivity index (χ2n) is 5.84. The maximum atomic E-state index is 13.4. The molecule has 1 aromatic carbocycles. The van der Waals surface area contributed by atoms with Crippen molar-refractivity contribution in [2.24, 2.45) is 11.3 Å². The zero-order chi connectivity index (χ0) is 14.5. The van der Waals surface area contributed by atoms with Gasteiger partial charge in [-0.15, -0.1) is 6.58 Å². The Bertz CT molecular complexity index is 411. The van der Waals surface area contributed by atoms with Crippen molar-refractivity contribution in [3.8, 4) is 0 Å². The third-order valence-corrected chi connectivity index (χ3v) is 3.56. The number of rotatable bonds is 7. The van der Waals surface area contributed by atoms with Crippen LogP contribution < -0.4 is 5.32 Å². The second kappa shape index (κ2) is 7.20. The van der Waals surface area contributed by atoms with E-state index in [0.29, 0.717) is 5.92 Å². The highest BCUT2D eigenvalue weighted by atomic mass is 79.9. The smallest absolute Gasteiger partial charge is 0.124 e. The summed E-state index contributed by atoms with van der Waals surface area (Å²) >= 11 is 3.33. The van der Waals surface area contributed by atoms with E-state index in [9.17, 15) is 4.39 Å². The van der Waals surface area contributed by atoms with Gasteiger partial charge in [0.1, 0.15) is 5.82 Å². The van der Waals surface area contributed by atoms with Gasteiger partial charge in [-0.25, -0.2) is 4.39 Å². The van der Waals surface area contributed by atoms with Crippen LogP contribution in [0.3, 0.4) is 0 Å². The Morgan fingerprint density at radius 3 is 2.63 bits per heavy atom. The molecule has 106 valence electrons. The lowest BCUT2D eigenvalue weighted by atomic mass is 9.83. The molecule has 1 unspecified atom stereocenters. The lowest BCUT2D eigenvalue weighted by molar-refractivity contribution is 0.377. The highest BCUT2D eigenvalue weighted by Crippen LogP contribution is 2.25. The van der Waals surface area contributed by atoms with Gasteiger partial charge in [0.05, 0.1) is 0 Å². The first-order valence-electron chi connectivity index (χ1n) is 6.64. The average Bonchev–Trinajstić information content (AvgIpc) is 2.26. The van der Waals surface area contributed by atoms with Crippen LogP contribution in [0.15, 0.2) is 35.3 Å². The number of benzene rings is 1. The van der Waals surface area contributed by atoms with Crippen LogP contribution in [0.2, 0.25) is 0 Å². The fourth-order valence-corrected chi connectivity index (χ4v) is 2.55. The molecular weight excluding hydrogens is 305 g/mol. The molecule has 3 heteroatoms. The van der Waals surface area contributed by atoms with E-state index >= 15 is 0 Å². The molecule has 0 aliphatic heterocycles. The minimum Gasteiger partial charge on any atom is -0.316 e. The van der Waals surface area contributed by atoms with Crippen LogP contribution in [-0.4, -0.2) is 13.1 Å². The SMILES string of the molecule is C=CC(C)(CNCC(C)C)Cc1cc(F)cc(Br)c1. The Morgan fingerprint density at radius 1 is 1.42 bits per heavy atom. The summed E-state index contributed by atoms with van der Waals surface area (Å²) in [5.74, 6) is 0.420. The molecule has 0 saturated heterocycles. The quantitative estimate of drug-likeness (QED) is 0.723. The molecule has 1 rings (SSSR count). The summed E-state index contributed by atoms with van der Waals surface area (Å²) < 4.78 is 14.2. The predicted octanol–water partition coefficient (Wildman–Crippen LogP) is 4.57. The van der Waals surface area contributed by atoms with Crippen molar-refractivity contribution < 1.29 is 4.39 Å². The molecule has 1 atom stereocenters. The summed E-state index contributed by atoms with van der Waals surface area (Å²) in [4.78, 5) is 0. The third kappa shape index (κ3) is 5.87. The minimum absolute atomic E-state index is 0.0673. The zero-order valence-electron chi connectivity index (χ0n) is 12.0. The van der Waals surface area contributed by atoms with Crippen LogP contribution in [0, 0.1) is 17.2 Å². The monoisotopic (exact) mass is 327 g/mol. The standard InChI is InChI=1S/C16H23BrFN/c1-5-16(4,11-19-10-12(2)3)9-13-6-14(17)8-15(18)7-13/h5-8,12,19H,1,9-11H2,2-4H3. The van der Waals surface area contributed by atoms with Gasteiger partial charge in [0.25, 0.3) is 0 Å². The van der Waals surface area contributed by atoms with Gasteiger partial charge in [0.2, 0.25) is 0 Å². The van der Waals surface area contributed by atoms with Crippen LogP contribution in [-0.2, 0) is 6.42 Å². The largest absolute Gasteiger partial charge is 0.316 e. The topological polar surface area (TPSA) is 12.0 Å². The van der Waals surface area contributed by atoms with Gasteiger partial charge in [-0.2, -0.15) is 0 Å². The highest BCUT2D eigenvalue weighted by molar-refractivity contribution is 9.10. The molecule has 0 fully saturated rings. The van der Waals surface area contributed by atoms with E-state index in [4.69, 9.17) is 0 Å². The van der Waals surface area contributed by atoms with Gasteiger partial charge in [-0.05, 0) is 42.6 Å². The first-order valence-corrected chi connectivity index (χ1v) is 7.43. The molecule has 1 aromatic rings. The molecular formula is C16H23BrFN. The lowest BCUT2D eigenvalue weighted by Gasteiger charge is -2.27. The number of halogens is 2. The molecule has 0 aliphatic rings. The third-order valence-electron chi connectivity index (χ3n) is 3.10. The summed E-state index contributed by atoms with van der Waals surface area (Å²) in [5.41, 5.74) is 0.919. The number of hydrogen-bond donors (Lipinski definition) is 1. The van der Waals surface area contributed by atoms with Crippen molar-refractivity contribution in [2.45, 2.75) is 27.2 Å². The Labute approximate surface area is 124 Å². The Kier molecular flexibility index (Phi) is 6.21. The molecule has 0 aromatic heterocycles. The van der Waals surface area contributed by atoms with Crippen LogP contribution in [0.1, 0.15) is 26.3 Å². The van der Waals surface area contributed by atoms with Crippen molar-refractivity contribution in [3.63, 3.8) is 0 Å². The Balaban J connectivity index is 2.71. The summed E-state index contributed by atoms with van der Waals surface area (Å²) in [5, 5.41) is 3.45. The first kappa shape index (κ1) is 16.4. The van der Waals surface area contributed by atoms with Crippen LogP contribution in [0.4, 0.5) is 4.39 Å². The van der Waals surface area contributed by atoms with Gasteiger partial charge in [0.15, 0.2) is 0 Å².